The van der Waals surface area contributed by atoms with Gasteiger partial charge in [0.1, 0.15) is 5.82 Å². The van der Waals surface area contributed by atoms with Crippen molar-refractivity contribution < 1.29 is 4.79 Å². The zero-order chi connectivity index (χ0) is 23.3. The molecule has 0 atom stereocenters. The molecule has 1 aromatic carbocycles. The highest BCUT2D eigenvalue weighted by atomic mass is 35.5. The van der Waals surface area contributed by atoms with Crippen LogP contribution in [-0.2, 0) is 19.5 Å². The molecule has 2 heterocycles. The largest absolute Gasteiger partial charge is 0.352 e. The van der Waals surface area contributed by atoms with Crippen LogP contribution in [0.4, 0.5) is 0 Å². The average Bonchev–Trinajstić information content (AvgIpc) is 3.25. The number of thioether (sulfide) groups is 1. The number of halogens is 1. The van der Waals surface area contributed by atoms with Gasteiger partial charge in [-0.25, -0.2) is 0 Å². The van der Waals surface area contributed by atoms with Crippen LogP contribution in [0.5, 0.6) is 0 Å². The lowest BCUT2D eigenvalue weighted by Gasteiger charge is -2.12. The van der Waals surface area contributed by atoms with Gasteiger partial charge in [-0.15, -0.1) is 10.2 Å². The zero-order valence-corrected chi connectivity index (χ0v) is 20.9. The van der Waals surface area contributed by atoms with E-state index in [9.17, 15) is 4.79 Å². The molecule has 1 N–H and O–H groups in total. The number of hydrogen-bond acceptors (Lipinski definition) is 5. The zero-order valence-electron chi connectivity index (χ0n) is 19.4. The quantitative estimate of drug-likeness (QED) is 0.345. The number of carbonyl (C=O) groups excluding carboxylic acids is 1. The molecular formula is C23H31ClN6OS. The number of nitrogens with zero attached hydrogens (tertiary/aromatic N) is 5. The average molecular weight is 475 g/mol. The smallest absolute Gasteiger partial charge is 0.255 e. The first-order chi connectivity index (χ1) is 15.3. The minimum absolute atomic E-state index is 0.0983. The number of benzene rings is 1. The Balaban J connectivity index is 1.60. The molecule has 0 aliphatic carbocycles. The van der Waals surface area contributed by atoms with E-state index in [0.29, 0.717) is 35.3 Å². The molecule has 0 saturated heterocycles. The predicted octanol–water partition coefficient (Wildman–Crippen LogP) is 4.53. The molecule has 0 saturated carbocycles. The molecule has 0 spiro atoms. The van der Waals surface area contributed by atoms with E-state index in [1.807, 2.05) is 49.1 Å². The van der Waals surface area contributed by atoms with E-state index >= 15 is 0 Å². The van der Waals surface area contributed by atoms with Crippen molar-refractivity contribution in [3.8, 4) is 0 Å². The van der Waals surface area contributed by atoms with Gasteiger partial charge >= 0.3 is 0 Å². The molecule has 172 valence electrons. The molecule has 0 aliphatic rings. The summed E-state index contributed by atoms with van der Waals surface area (Å²) in [5.41, 5.74) is 3.15. The SMILES string of the molecule is CSc1nnc(CCCNC(=O)c2c(C)nn(Cc3ccccc3Cl)c2C)n1CC(C)C. The van der Waals surface area contributed by atoms with Crippen molar-refractivity contribution in [3.05, 3.63) is 57.6 Å². The molecule has 0 radical (unpaired) electrons. The Bertz CT molecular complexity index is 1070. The summed E-state index contributed by atoms with van der Waals surface area (Å²) in [5, 5.41) is 17.9. The molecule has 0 fully saturated rings. The maximum absolute atomic E-state index is 12.9. The van der Waals surface area contributed by atoms with E-state index in [1.165, 1.54) is 0 Å². The van der Waals surface area contributed by atoms with Gasteiger partial charge in [0.25, 0.3) is 5.91 Å². The molecule has 0 aliphatic heterocycles. The third-order valence-electron chi connectivity index (χ3n) is 5.27. The summed E-state index contributed by atoms with van der Waals surface area (Å²) in [4.78, 5) is 12.9. The van der Waals surface area contributed by atoms with Crippen LogP contribution >= 0.6 is 23.4 Å². The second kappa shape index (κ2) is 11.0. The molecule has 0 bridgehead atoms. The van der Waals surface area contributed by atoms with Gasteiger partial charge in [-0.05, 0) is 44.1 Å². The Kier molecular flexibility index (Phi) is 8.37. The van der Waals surface area contributed by atoms with Crippen molar-refractivity contribution in [1.29, 1.82) is 0 Å². The van der Waals surface area contributed by atoms with Crippen molar-refractivity contribution in [2.24, 2.45) is 5.92 Å². The first kappa shape index (κ1) is 24.3. The number of nitrogens with one attached hydrogen (secondary N) is 1. The van der Waals surface area contributed by atoms with E-state index in [1.54, 1.807) is 11.8 Å². The second-order valence-electron chi connectivity index (χ2n) is 8.26. The van der Waals surface area contributed by atoms with Crippen LogP contribution in [0.25, 0.3) is 0 Å². The fraction of sp³-hybridized carbons (Fsp3) is 0.478. The lowest BCUT2D eigenvalue weighted by Crippen LogP contribution is -2.26. The summed E-state index contributed by atoms with van der Waals surface area (Å²) in [5.74, 6) is 1.39. The highest BCUT2D eigenvalue weighted by Crippen LogP contribution is 2.20. The monoisotopic (exact) mass is 474 g/mol. The Labute approximate surface area is 198 Å². The van der Waals surface area contributed by atoms with Crippen LogP contribution in [0.1, 0.15) is 53.4 Å². The fourth-order valence-corrected chi connectivity index (χ4v) is 4.43. The van der Waals surface area contributed by atoms with Gasteiger partial charge in [0.2, 0.25) is 0 Å². The summed E-state index contributed by atoms with van der Waals surface area (Å²) in [6.07, 6.45) is 3.58. The van der Waals surface area contributed by atoms with Crippen molar-refractivity contribution >= 4 is 29.3 Å². The van der Waals surface area contributed by atoms with Gasteiger partial charge in [-0.3, -0.25) is 9.48 Å². The number of aromatic nitrogens is 5. The van der Waals surface area contributed by atoms with Gasteiger partial charge in [0.15, 0.2) is 5.16 Å². The van der Waals surface area contributed by atoms with Crippen LogP contribution in [0.2, 0.25) is 5.02 Å². The van der Waals surface area contributed by atoms with E-state index in [-0.39, 0.29) is 5.91 Å². The molecule has 3 rings (SSSR count). The number of carbonyl (C=O) groups is 1. The Morgan fingerprint density at radius 1 is 1.22 bits per heavy atom. The summed E-state index contributed by atoms with van der Waals surface area (Å²) in [6, 6.07) is 7.68. The van der Waals surface area contributed by atoms with E-state index in [2.05, 4.69) is 39.0 Å². The highest BCUT2D eigenvalue weighted by molar-refractivity contribution is 7.98. The Hall–Kier alpha value is -2.32. The third-order valence-corrected chi connectivity index (χ3v) is 6.31. The number of hydrogen-bond donors (Lipinski definition) is 1. The van der Waals surface area contributed by atoms with Crippen LogP contribution in [0.15, 0.2) is 29.4 Å². The molecular weight excluding hydrogens is 444 g/mol. The molecule has 2 aromatic heterocycles. The second-order valence-corrected chi connectivity index (χ2v) is 9.44. The Morgan fingerprint density at radius 3 is 2.66 bits per heavy atom. The van der Waals surface area contributed by atoms with Gasteiger partial charge in [0.05, 0.1) is 17.8 Å². The lowest BCUT2D eigenvalue weighted by molar-refractivity contribution is 0.0952. The van der Waals surface area contributed by atoms with Crippen molar-refractivity contribution in [3.63, 3.8) is 0 Å². The standard InChI is InChI=1S/C23H31ClN6OS/c1-15(2)13-29-20(26-27-23(29)32-5)11-8-12-25-22(31)21-16(3)28-30(17(21)4)14-18-9-6-7-10-19(18)24/h6-7,9-10,15H,8,11-14H2,1-5H3,(H,25,31). The van der Waals surface area contributed by atoms with Gasteiger partial charge in [-0.1, -0.05) is 55.4 Å². The van der Waals surface area contributed by atoms with Gasteiger partial charge in [0, 0.05) is 30.2 Å². The normalized spacial score (nSPS) is 11.3. The van der Waals surface area contributed by atoms with Crippen molar-refractivity contribution in [1.82, 2.24) is 29.9 Å². The first-order valence-corrected chi connectivity index (χ1v) is 12.4. The summed E-state index contributed by atoms with van der Waals surface area (Å²) in [7, 11) is 0. The fourth-order valence-electron chi connectivity index (χ4n) is 3.71. The summed E-state index contributed by atoms with van der Waals surface area (Å²) in [6.45, 7) is 10.1. The van der Waals surface area contributed by atoms with E-state index in [0.717, 1.165) is 41.6 Å². The molecule has 7 nitrogen and oxygen atoms in total. The number of aryl methyl sites for hydroxylation is 2. The molecule has 0 unspecified atom stereocenters. The van der Waals surface area contributed by atoms with Crippen LogP contribution in [0, 0.1) is 19.8 Å². The first-order valence-electron chi connectivity index (χ1n) is 10.8. The van der Waals surface area contributed by atoms with Crippen molar-refractivity contribution in [2.75, 3.05) is 12.8 Å². The molecule has 32 heavy (non-hydrogen) atoms. The lowest BCUT2D eigenvalue weighted by atomic mass is 10.1. The minimum atomic E-state index is -0.0983. The predicted molar refractivity (Wildman–Crippen MR) is 130 cm³/mol. The van der Waals surface area contributed by atoms with Crippen molar-refractivity contribution in [2.45, 2.75) is 58.8 Å². The maximum atomic E-state index is 12.9. The van der Waals surface area contributed by atoms with Gasteiger partial charge in [-0.2, -0.15) is 5.10 Å². The Morgan fingerprint density at radius 2 is 1.97 bits per heavy atom. The molecule has 3 aromatic rings. The van der Waals surface area contributed by atoms with Crippen LogP contribution < -0.4 is 5.32 Å². The van der Waals surface area contributed by atoms with Crippen LogP contribution in [-0.4, -0.2) is 43.3 Å². The number of rotatable bonds is 10. The molecule has 9 heteroatoms. The van der Waals surface area contributed by atoms with Crippen LogP contribution in [0.3, 0.4) is 0 Å². The molecule has 1 amide bonds. The summed E-state index contributed by atoms with van der Waals surface area (Å²) < 4.78 is 4.02. The van der Waals surface area contributed by atoms with Gasteiger partial charge < -0.3 is 9.88 Å². The summed E-state index contributed by atoms with van der Waals surface area (Å²) >= 11 is 7.90. The third kappa shape index (κ3) is 5.72. The topological polar surface area (TPSA) is 77.6 Å². The van der Waals surface area contributed by atoms with E-state index < -0.39 is 0 Å². The van der Waals surface area contributed by atoms with E-state index in [4.69, 9.17) is 11.6 Å². The minimum Gasteiger partial charge on any atom is -0.352 e. The maximum Gasteiger partial charge on any atom is 0.255 e. The number of amides is 1. The highest BCUT2D eigenvalue weighted by Gasteiger charge is 2.19.